The molecule has 2 amide bonds. The molecular formula is C17H23N3O4S. The lowest BCUT2D eigenvalue weighted by Crippen LogP contribution is -2.44. The Morgan fingerprint density at radius 2 is 2.12 bits per heavy atom. The van der Waals surface area contributed by atoms with E-state index in [2.05, 4.69) is 11.6 Å². The number of fused-ring (bicyclic) bond motifs is 1. The van der Waals surface area contributed by atoms with E-state index in [4.69, 9.17) is 0 Å². The molecule has 0 bridgehead atoms. The summed E-state index contributed by atoms with van der Waals surface area (Å²) in [5.74, 6) is 0.179. The van der Waals surface area contributed by atoms with E-state index in [9.17, 15) is 18.0 Å². The minimum atomic E-state index is -3.79. The van der Waals surface area contributed by atoms with Gasteiger partial charge in [-0.3, -0.25) is 9.59 Å². The molecule has 2 aliphatic heterocycles. The Labute approximate surface area is 148 Å². The zero-order valence-electron chi connectivity index (χ0n) is 14.5. The largest absolute Gasteiger partial charge is 0.341 e. The van der Waals surface area contributed by atoms with Crippen molar-refractivity contribution in [1.29, 1.82) is 0 Å². The molecule has 1 fully saturated rings. The molecule has 1 atom stereocenters. The lowest BCUT2D eigenvalue weighted by atomic mass is 10.0. The van der Waals surface area contributed by atoms with E-state index in [0.717, 1.165) is 18.5 Å². The predicted octanol–water partition coefficient (Wildman–Crippen LogP) is 0.742. The van der Waals surface area contributed by atoms with E-state index in [1.165, 1.54) is 17.0 Å². The van der Waals surface area contributed by atoms with Crippen molar-refractivity contribution in [3.8, 4) is 0 Å². The number of rotatable bonds is 4. The number of hydrogen-bond acceptors (Lipinski definition) is 4. The zero-order chi connectivity index (χ0) is 18.2. The highest BCUT2D eigenvalue weighted by molar-refractivity contribution is 7.89. The van der Waals surface area contributed by atoms with Gasteiger partial charge in [0.25, 0.3) is 0 Å². The molecule has 0 spiro atoms. The van der Waals surface area contributed by atoms with E-state index >= 15 is 0 Å². The lowest BCUT2D eigenvalue weighted by Gasteiger charge is -2.31. The standard InChI is InChI=1S/C17H23N3O4S/c1-12-4-3-7-20(11-12)17(22)10-18-25(23,24)14-5-6-15-13(8-14)9-16(21)19(15)2/h5-6,8,12,18H,3-4,7,9-11H2,1-2H3. The third-order valence-corrected chi connectivity index (χ3v) is 6.26. The number of carbonyl (C=O) groups excluding carboxylic acids is 2. The van der Waals surface area contributed by atoms with Crippen molar-refractivity contribution in [2.24, 2.45) is 5.92 Å². The number of nitrogens with one attached hydrogen (secondary N) is 1. The maximum absolute atomic E-state index is 12.5. The van der Waals surface area contributed by atoms with Crippen LogP contribution in [0.25, 0.3) is 0 Å². The Hall–Kier alpha value is -1.93. The number of carbonyl (C=O) groups is 2. The van der Waals surface area contributed by atoms with Gasteiger partial charge in [0.1, 0.15) is 0 Å². The molecule has 1 aromatic carbocycles. The summed E-state index contributed by atoms with van der Waals surface area (Å²) in [5.41, 5.74) is 1.41. The zero-order valence-corrected chi connectivity index (χ0v) is 15.3. The predicted molar refractivity (Wildman–Crippen MR) is 93.7 cm³/mol. The number of piperidine rings is 1. The van der Waals surface area contributed by atoms with Gasteiger partial charge in [-0.25, -0.2) is 13.1 Å². The average Bonchev–Trinajstić information content (AvgIpc) is 2.86. The van der Waals surface area contributed by atoms with Gasteiger partial charge in [0, 0.05) is 25.8 Å². The van der Waals surface area contributed by atoms with Gasteiger partial charge < -0.3 is 9.80 Å². The Morgan fingerprint density at radius 1 is 1.36 bits per heavy atom. The van der Waals surface area contributed by atoms with Gasteiger partial charge in [-0.15, -0.1) is 0 Å². The minimum Gasteiger partial charge on any atom is -0.341 e. The molecule has 8 heteroatoms. The number of likely N-dealkylation sites (tertiary alicyclic amines) is 1. The maximum atomic E-state index is 12.5. The van der Waals surface area contributed by atoms with Crippen molar-refractivity contribution >= 4 is 27.5 Å². The van der Waals surface area contributed by atoms with E-state index in [0.29, 0.717) is 24.6 Å². The summed E-state index contributed by atoms with van der Waals surface area (Å²) >= 11 is 0. The fourth-order valence-electron chi connectivity index (χ4n) is 3.38. The van der Waals surface area contributed by atoms with Crippen LogP contribution in [-0.2, 0) is 26.0 Å². The molecule has 3 rings (SSSR count). The van der Waals surface area contributed by atoms with Gasteiger partial charge in [-0.2, -0.15) is 0 Å². The highest BCUT2D eigenvalue weighted by Crippen LogP contribution is 2.29. The smallest absolute Gasteiger partial charge is 0.241 e. The van der Waals surface area contributed by atoms with E-state index in [1.807, 2.05) is 0 Å². The summed E-state index contributed by atoms with van der Waals surface area (Å²) < 4.78 is 27.3. The van der Waals surface area contributed by atoms with Crippen LogP contribution in [0.4, 0.5) is 5.69 Å². The molecule has 0 radical (unpaired) electrons. The summed E-state index contributed by atoms with van der Waals surface area (Å²) in [6.07, 6.45) is 2.24. The van der Waals surface area contributed by atoms with Crippen molar-refractivity contribution in [3.63, 3.8) is 0 Å². The van der Waals surface area contributed by atoms with Crippen LogP contribution in [0.15, 0.2) is 23.1 Å². The molecule has 1 unspecified atom stereocenters. The fraction of sp³-hybridized carbons (Fsp3) is 0.529. The molecular weight excluding hydrogens is 342 g/mol. The first-order chi connectivity index (χ1) is 11.8. The van der Waals surface area contributed by atoms with Crippen LogP contribution >= 0.6 is 0 Å². The Balaban J connectivity index is 1.67. The first-order valence-corrected chi connectivity index (χ1v) is 9.93. The molecule has 136 valence electrons. The second-order valence-corrected chi connectivity index (χ2v) is 8.60. The second kappa shape index (κ2) is 6.76. The van der Waals surface area contributed by atoms with Crippen molar-refractivity contribution in [2.45, 2.75) is 31.1 Å². The van der Waals surface area contributed by atoms with E-state index < -0.39 is 10.0 Å². The molecule has 1 saturated heterocycles. The van der Waals surface area contributed by atoms with Gasteiger partial charge in [-0.1, -0.05) is 6.92 Å². The molecule has 0 aromatic heterocycles. The van der Waals surface area contributed by atoms with Gasteiger partial charge in [0.05, 0.1) is 17.9 Å². The number of likely N-dealkylation sites (N-methyl/N-ethyl adjacent to an activating group) is 1. The molecule has 25 heavy (non-hydrogen) atoms. The van der Waals surface area contributed by atoms with Gasteiger partial charge in [0.15, 0.2) is 0 Å². The highest BCUT2D eigenvalue weighted by Gasteiger charge is 2.27. The molecule has 7 nitrogen and oxygen atoms in total. The van der Waals surface area contributed by atoms with Crippen LogP contribution < -0.4 is 9.62 Å². The van der Waals surface area contributed by atoms with Crippen molar-refractivity contribution in [1.82, 2.24) is 9.62 Å². The van der Waals surface area contributed by atoms with Gasteiger partial charge in [-0.05, 0) is 42.5 Å². The van der Waals surface area contributed by atoms with E-state index in [-0.39, 0.29) is 29.7 Å². The number of amides is 2. The van der Waals surface area contributed by atoms with Gasteiger partial charge in [0.2, 0.25) is 21.8 Å². The SMILES string of the molecule is CC1CCCN(C(=O)CNS(=O)(=O)c2ccc3c(c2)CC(=O)N3C)C1. The summed E-state index contributed by atoms with van der Waals surface area (Å²) in [5, 5.41) is 0. The van der Waals surface area contributed by atoms with Crippen LogP contribution in [0, 0.1) is 5.92 Å². The number of nitrogens with zero attached hydrogens (tertiary/aromatic N) is 2. The van der Waals surface area contributed by atoms with E-state index in [1.54, 1.807) is 18.0 Å². The average molecular weight is 365 g/mol. The quantitative estimate of drug-likeness (QED) is 0.853. The van der Waals surface area contributed by atoms with Crippen LogP contribution in [0.5, 0.6) is 0 Å². The number of anilines is 1. The molecule has 0 saturated carbocycles. The van der Waals surface area contributed by atoms with Gasteiger partial charge >= 0.3 is 0 Å². The fourth-order valence-corrected chi connectivity index (χ4v) is 4.41. The van der Waals surface area contributed by atoms with Crippen molar-refractivity contribution in [2.75, 3.05) is 31.6 Å². The molecule has 1 N–H and O–H groups in total. The number of benzene rings is 1. The normalized spacial score (nSPS) is 20.7. The summed E-state index contributed by atoms with van der Waals surface area (Å²) in [6, 6.07) is 4.60. The topological polar surface area (TPSA) is 86.8 Å². The summed E-state index contributed by atoms with van der Waals surface area (Å²) in [7, 11) is -2.13. The maximum Gasteiger partial charge on any atom is 0.241 e. The Kier molecular flexibility index (Phi) is 4.83. The second-order valence-electron chi connectivity index (χ2n) is 6.83. The monoisotopic (exact) mass is 365 g/mol. The molecule has 0 aliphatic carbocycles. The van der Waals surface area contributed by atoms with Crippen LogP contribution in [0.3, 0.4) is 0 Å². The highest BCUT2D eigenvalue weighted by atomic mass is 32.2. The summed E-state index contributed by atoms with van der Waals surface area (Å²) in [6.45, 7) is 3.20. The van der Waals surface area contributed by atoms with Crippen molar-refractivity contribution < 1.29 is 18.0 Å². The first kappa shape index (κ1) is 17.9. The van der Waals surface area contributed by atoms with Crippen LogP contribution in [-0.4, -0.2) is 51.8 Å². The Morgan fingerprint density at radius 3 is 2.84 bits per heavy atom. The summed E-state index contributed by atoms with van der Waals surface area (Å²) in [4.78, 5) is 27.3. The Bertz CT molecular complexity index is 806. The van der Waals surface area contributed by atoms with Crippen LogP contribution in [0.1, 0.15) is 25.3 Å². The first-order valence-electron chi connectivity index (χ1n) is 8.45. The number of hydrogen-bond donors (Lipinski definition) is 1. The third-order valence-electron chi connectivity index (χ3n) is 4.86. The molecule has 2 aliphatic rings. The van der Waals surface area contributed by atoms with Crippen LogP contribution in [0.2, 0.25) is 0 Å². The molecule has 2 heterocycles. The third kappa shape index (κ3) is 3.69. The minimum absolute atomic E-state index is 0.0631. The molecule has 1 aromatic rings. The number of sulfonamides is 1. The van der Waals surface area contributed by atoms with Crippen molar-refractivity contribution in [3.05, 3.63) is 23.8 Å². The lowest BCUT2D eigenvalue weighted by molar-refractivity contribution is -0.131.